The summed E-state index contributed by atoms with van der Waals surface area (Å²) in [4.78, 5) is 13.1. The largest absolute Gasteiger partial charge is 0.392 e. The Morgan fingerprint density at radius 1 is 1.24 bits per heavy atom. The van der Waals surface area contributed by atoms with E-state index in [0.717, 1.165) is 44.9 Å². The Bertz CT molecular complexity index is 354. The van der Waals surface area contributed by atoms with Gasteiger partial charge in [-0.05, 0) is 25.7 Å². The molecule has 21 heavy (non-hydrogen) atoms. The van der Waals surface area contributed by atoms with Crippen molar-refractivity contribution in [1.29, 1.82) is 0 Å². The second kappa shape index (κ2) is 8.69. The molecule has 4 nitrogen and oxygen atoms in total. The normalized spacial score (nSPS) is 23.4. The van der Waals surface area contributed by atoms with E-state index in [2.05, 4.69) is 5.32 Å². The third kappa shape index (κ3) is 4.65. The molecule has 1 aliphatic rings. The van der Waals surface area contributed by atoms with Crippen LogP contribution in [0.15, 0.2) is 0 Å². The van der Waals surface area contributed by atoms with Crippen LogP contribution in [-0.2, 0) is 4.79 Å². The molecule has 1 fully saturated rings. The van der Waals surface area contributed by atoms with Crippen LogP contribution >= 0.6 is 12.2 Å². The van der Waals surface area contributed by atoms with E-state index in [1.807, 2.05) is 13.8 Å². The number of aliphatic hydroxyl groups is 1. The Morgan fingerprint density at radius 3 is 2.33 bits per heavy atom. The molecule has 1 amide bonds. The first-order valence-corrected chi connectivity index (χ1v) is 8.67. The van der Waals surface area contributed by atoms with E-state index in [1.54, 1.807) is 0 Å². The molecule has 5 heteroatoms. The predicted molar refractivity (Wildman–Crippen MR) is 90.1 cm³/mol. The van der Waals surface area contributed by atoms with Crippen molar-refractivity contribution in [1.82, 2.24) is 5.32 Å². The average Bonchev–Trinajstić information content (AvgIpc) is 2.63. The summed E-state index contributed by atoms with van der Waals surface area (Å²) in [6.45, 7) is 4.08. The molecule has 122 valence electrons. The lowest BCUT2D eigenvalue weighted by atomic mass is 9.77. The molecular weight excluding hydrogens is 284 g/mol. The molecule has 0 saturated heterocycles. The van der Waals surface area contributed by atoms with E-state index in [1.165, 1.54) is 0 Å². The van der Waals surface area contributed by atoms with Gasteiger partial charge in [0.1, 0.15) is 0 Å². The Morgan fingerprint density at radius 2 is 1.81 bits per heavy atom. The molecule has 0 bridgehead atoms. The zero-order valence-electron chi connectivity index (χ0n) is 13.4. The third-order valence-electron chi connectivity index (χ3n) is 4.56. The molecule has 2 unspecified atom stereocenters. The smallest absolute Gasteiger partial charge is 0.233 e. The summed E-state index contributed by atoms with van der Waals surface area (Å²) >= 11 is 5.21. The lowest BCUT2D eigenvalue weighted by Gasteiger charge is -2.34. The number of amides is 1. The van der Waals surface area contributed by atoms with Crippen LogP contribution < -0.4 is 11.1 Å². The summed E-state index contributed by atoms with van der Waals surface area (Å²) in [6.07, 6.45) is 7.38. The van der Waals surface area contributed by atoms with Crippen LogP contribution in [0.2, 0.25) is 0 Å². The number of hydrogen-bond acceptors (Lipinski definition) is 3. The molecular formula is C16H30N2O2S. The summed E-state index contributed by atoms with van der Waals surface area (Å²) in [5, 5.41) is 13.2. The minimum atomic E-state index is -0.759. The monoisotopic (exact) mass is 314 g/mol. The van der Waals surface area contributed by atoms with Crippen molar-refractivity contribution in [3.05, 3.63) is 0 Å². The molecule has 0 heterocycles. The number of aliphatic hydroxyl groups excluding tert-OH is 1. The van der Waals surface area contributed by atoms with Crippen molar-refractivity contribution in [3.8, 4) is 0 Å². The molecule has 0 aromatic rings. The van der Waals surface area contributed by atoms with Gasteiger partial charge < -0.3 is 16.2 Å². The second-order valence-corrected chi connectivity index (χ2v) is 6.67. The van der Waals surface area contributed by atoms with E-state index in [-0.39, 0.29) is 16.9 Å². The maximum absolute atomic E-state index is 12.8. The van der Waals surface area contributed by atoms with Crippen molar-refractivity contribution in [3.63, 3.8) is 0 Å². The highest BCUT2D eigenvalue weighted by molar-refractivity contribution is 7.80. The van der Waals surface area contributed by atoms with Crippen LogP contribution in [0.5, 0.6) is 0 Å². The van der Waals surface area contributed by atoms with Crippen LogP contribution in [0.3, 0.4) is 0 Å². The highest BCUT2D eigenvalue weighted by Crippen LogP contribution is 2.32. The van der Waals surface area contributed by atoms with Gasteiger partial charge in [-0.15, -0.1) is 0 Å². The maximum atomic E-state index is 12.8. The number of hydrogen-bond donors (Lipinski definition) is 3. The average molecular weight is 314 g/mol. The third-order valence-corrected chi connectivity index (χ3v) is 4.95. The maximum Gasteiger partial charge on any atom is 0.233 e. The van der Waals surface area contributed by atoms with Crippen molar-refractivity contribution in [2.24, 2.45) is 11.1 Å². The molecule has 0 aromatic carbocycles. The fourth-order valence-electron chi connectivity index (χ4n) is 3.33. The van der Waals surface area contributed by atoms with Gasteiger partial charge in [-0.3, -0.25) is 4.79 Å². The van der Waals surface area contributed by atoms with Gasteiger partial charge in [-0.25, -0.2) is 0 Å². The summed E-state index contributed by atoms with van der Waals surface area (Å²) in [5.41, 5.74) is 5.16. The molecule has 0 spiro atoms. The second-order valence-electron chi connectivity index (χ2n) is 6.23. The molecule has 0 aromatic heterocycles. The van der Waals surface area contributed by atoms with Crippen LogP contribution in [0.25, 0.3) is 0 Å². The van der Waals surface area contributed by atoms with Crippen LogP contribution in [-0.4, -0.2) is 28.1 Å². The topological polar surface area (TPSA) is 75.3 Å². The van der Waals surface area contributed by atoms with Gasteiger partial charge in [-0.1, -0.05) is 58.2 Å². The predicted octanol–water partition coefficient (Wildman–Crippen LogP) is 2.67. The summed E-state index contributed by atoms with van der Waals surface area (Å²) in [5.74, 6) is -0.0929. The van der Waals surface area contributed by atoms with Crippen molar-refractivity contribution >= 4 is 23.1 Å². The molecule has 1 rings (SSSR count). The minimum Gasteiger partial charge on any atom is -0.392 e. The zero-order valence-corrected chi connectivity index (χ0v) is 14.2. The zero-order chi connectivity index (χ0) is 15.9. The van der Waals surface area contributed by atoms with E-state index in [4.69, 9.17) is 18.0 Å². The van der Waals surface area contributed by atoms with Gasteiger partial charge in [0.2, 0.25) is 5.91 Å². The van der Waals surface area contributed by atoms with E-state index < -0.39 is 11.5 Å². The fraction of sp³-hybridized carbons (Fsp3) is 0.875. The van der Waals surface area contributed by atoms with Gasteiger partial charge in [0.05, 0.1) is 22.5 Å². The number of nitrogens with one attached hydrogen (secondary N) is 1. The van der Waals surface area contributed by atoms with Crippen LogP contribution in [0, 0.1) is 5.41 Å². The number of nitrogens with two attached hydrogens (primary N) is 1. The molecule has 2 atom stereocenters. The highest BCUT2D eigenvalue weighted by Gasteiger charge is 2.41. The molecule has 0 aliphatic heterocycles. The van der Waals surface area contributed by atoms with Crippen molar-refractivity contribution in [2.75, 3.05) is 0 Å². The summed E-state index contributed by atoms with van der Waals surface area (Å²) in [6, 6.07) is -0.164. The van der Waals surface area contributed by atoms with E-state index in [0.29, 0.717) is 12.8 Å². The number of carbonyl (C=O) groups excluding carboxylic acids is 1. The van der Waals surface area contributed by atoms with Crippen molar-refractivity contribution in [2.45, 2.75) is 83.8 Å². The highest BCUT2D eigenvalue weighted by atomic mass is 32.1. The van der Waals surface area contributed by atoms with E-state index in [9.17, 15) is 9.90 Å². The summed E-state index contributed by atoms with van der Waals surface area (Å²) in [7, 11) is 0. The van der Waals surface area contributed by atoms with Gasteiger partial charge >= 0.3 is 0 Å². The number of thiocarbonyl (C=S) groups is 1. The first-order valence-electron chi connectivity index (χ1n) is 8.26. The van der Waals surface area contributed by atoms with Crippen LogP contribution in [0.4, 0.5) is 0 Å². The fourth-order valence-corrected chi connectivity index (χ4v) is 3.62. The Kier molecular flexibility index (Phi) is 7.60. The quantitative estimate of drug-likeness (QED) is 0.499. The Balaban J connectivity index is 2.86. The SMILES string of the molecule is CCCC(CCC)(C(=O)NC1CCCCCC1O)C(N)=S. The first kappa shape index (κ1) is 18.4. The lowest BCUT2D eigenvalue weighted by Crippen LogP contribution is -2.54. The lowest BCUT2D eigenvalue weighted by molar-refractivity contribution is -0.130. The number of carbonyl (C=O) groups is 1. The van der Waals surface area contributed by atoms with Gasteiger partial charge in [0, 0.05) is 0 Å². The summed E-state index contributed by atoms with van der Waals surface area (Å²) < 4.78 is 0. The number of rotatable bonds is 7. The first-order chi connectivity index (χ1) is 9.97. The molecule has 1 aliphatic carbocycles. The van der Waals surface area contributed by atoms with E-state index >= 15 is 0 Å². The van der Waals surface area contributed by atoms with Crippen molar-refractivity contribution < 1.29 is 9.90 Å². The molecule has 0 radical (unpaired) electrons. The van der Waals surface area contributed by atoms with Crippen LogP contribution in [0.1, 0.15) is 71.6 Å². The standard InChI is InChI=1S/C16H30N2O2S/c1-3-10-16(11-4-2,14(17)21)15(20)18-12-8-6-5-7-9-13(12)19/h12-13,19H,3-11H2,1-2H3,(H2,17,21)(H,18,20). The van der Waals surface area contributed by atoms with Gasteiger partial charge in [0.25, 0.3) is 0 Å². The molecule has 1 saturated carbocycles. The van der Waals surface area contributed by atoms with Gasteiger partial charge in [-0.2, -0.15) is 0 Å². The molecule has 4 N–H and O–H groups in total. The van der Waals surface area contributed by atoms with Gasteiger partial charge in [0.15, 0.2) is 0 Å². The Hall–Kier alpha value is -0.680. The minimum absolute atomic E-state index is 0.0929. The Labute approximate surface area is 133 Å².